The molecule has 0 aliphatic rings. The lowest BCUT2D eigenvalue weighted by Crippen LogP contribution is -1.82. The summed E-state index contributed by atoms with van der Waals surface area (Å²) in [6.45, 7) is 4.29. The summed E-state index contributed by atoms with van der Waals surface area (Å²) >= 11 is 1.78. The highest BCUT2D eigenvalue weighted by molar-refractivity contribution is 7.98. The van der Waals surface area contributed by atoms with Crippen LogP contribution in [0, 0.1) is 13.8 Å². The van der Waals surface area contributed by atoms with Gasteiger partial charge in [0.05, 0.1) is 0 Å². The minimum atomic E-state index is 1.30. The molecule has 0 N–H and O–H groups in total. The van der Waals surface area contributed by atoms with E-state index < -0.39 is 0 Å². The van der Waals surface area contributed by atoms with E-state index in [1.165, 1.54) is 27.1 Å². The average molecular weight is 228 g/mol. The molecule has 0 unspecified atom stereocenters. The van der Waals surface area contributed by atoms with Crippen LogP contribution >= 0.6 is 11.8 Å². The zero-order valence-electron chi connectivity index (χ0n) is 9.95. The van der Waals surface area contributed by atoms with E-state index in [1.54, 1.807) is 11.8 Å². The van der Waals surface area contributed by atoms with Crippen LogP contribution in [-0.2, 0) is 0 Å². The van der Waals surface area contributed by atoms with Crippen LogP contribution < -0.4 is 0 Å². The molecule has 82 valence electrons. The summed E-state index contributed by atoms with van der Waals surface area (Å²) < 4.78 is 0. The Bertz CT molecular complexity index is 463. The Morgan fingerprint density at radius 1 is 0.750 bits per heavy atom. The number of hydrogen-bond acceptors (Lipinski definition) is 1. The van der Waals surface area contributed by atoms with Crippen LogP contribution in [0.2, 0.25) is 0 Å². The third-order valence-corrected chi connectivity index (χ3v) is 3.39. The summed E-state index contributed by atoms with van der Waals surface area (Å²) in [4.78, 5) is 1.31. The molecule has 0 nitrogen and oxygen atoms in total. The largest absolute Gasteiger partial charge is 0.130 e. The molecule has 0 aromatic heterocycles. The molecule has 0 heterocycles. The SMILES string of the molecule is CSc1ccc(-c2cc(C)cc(C)c2)cc1. The molecule has 2 rings (SSSR count). The van der Waals surface area contributed by atoms with Crippen LogP contribution in [-0.4, -0.2) is 6.26 Å². The van der Waals surface area contributed by atoms with E-state index in [0.29, 0.717) is 0 Å². The fraction of sp³-hybridized carbons (Fsp3) is 0.200. The first-order valence-corrected chi connectivity index (χ1v) is 6.64. The molecule has 0 radical (unpaired) electrons. The zero-order chi connectivity index (χ0) is 11.5. The molecule has 0 saturated heterocycles. The molecule has 1 heteroatoms. The molecule has 0 aliphatic carbocycles. The van der Waals surface area contributed by atoms with Gasteiger partial charge in [0, 0.05) is 4.90 Å². The number of thioether (sulfide) groups is 1. The molecule has 2 aromatic rings. The van der Waals surface area contributed by atoms with E-state index >= 15 is 0 Å². The number of benzene rings is 2. The molecule has 0 amide bonds. The first-order valence-electron chi connectivity index (χ1n) is 5.42. The molecule has 0 saturated carbocycles. The normalized spacial score (nSPS) is 10.4. The number of rotatable bonds is 2. The molecular formula is C15H16S. The standard InChI is InChI=1S/C15H16S/c1-11-8-12(2)10-14(9-11)13-4-6-15(16-3)7-5-13/h4-10H,1-3H3. The topological polar surface area (TPSA) is 0 Å². The van der Waals surface area contributed by atoms with E-state index in [1.807, 2.05) is 0 Å². The van der Waals surface area contributed by atoms with Gasteiger partial charge in [-0.3, -0.25) is 0 Å². The minimum Gasteiger partial charge on any atom is -0.130 e. The van der Waals surface area contributed by atoms with Gasteiger partial charge in [0.25, 0.3) is 0 Å². The highest BCUT2D eigenvalue weighted by atomic mass is 32.2. The third-order valence-electron chi connectivity index (χ3n) is 2.65. The van der Waals surface area contributed by atoms with Crippen molar-refractivity contribution in [3.8, 4) is 11.1 Å². The van der Waals surface area contributed by atoms with Crippen LogP contribution in [0.4, 0.5) is 0 Å². The van der Waals surface area contributed by atoms with E-state index in [2.05, 4.69) is 62.6 Å². The van der Waals surface area contributed by atoms with Gasteiger partial charge in [-0.15, -0.1) is 11.8 Å². The van der Waals surface area contributed by atoms with Crippen molar-refractivity contribution < 1.29 is 0 Å². The van der Waals surface area contributed by atoms with Crippen molar-refractivity contribution in [1.82, 2.24) is 0 Å². The smallest absolute Gasteiger partial charge is 0.00695 e. The molecule has 0 aliphatic heterocycles. The van der Waals surface area contributed by atoms with E-state index in [0.717, 1.165) is 0 Å². The summed E-state index contributed by atoms with van der Waals surface area (Å²) in [5, 5.41) is 0. The van der Waals surface area contributed by atoms with Crippen LogP contribution in [0.15, 0.2) is 47.4 Å². The van der Waals surface area contributed by atoms with Gasteiger partial charge in [0.15, 0.2) is 0 Å². The first kappa shape index (κ1) is 11.3. The third kappa shape index (κ3) is 2.48. The Morgan fingerprint density at radius 3 is 1.81 bits per heavy atom. The Balaban J connectivity index is 2.42. The van der Waals surface area contributed by atoms with Gasteiger partial charge in [-0.25, -0.2) is 0 Å². The van der Waals surface area contributed by atoms with E-state index in [-0.39, 0.29) is 0 Å². The Morgan fingerprint density at radius 2 is 1.31 bits per heavy atom. The second-order valence-electron chi connectivity index (χ2n) is 4.10. The lowest BCUT2D eigenvalue weighted by molar-refractivity contribution is 1.38. The molecule has 0 fully saturated rings. The fourth-order valence-corrected chi connectivity index (χ4v) is 2.33. The first-order chi connectivity index (χ1) is 7.69. The van der Waals surface area contributed by atoms with Gasteiger partial charge >= 0.3 is 0 Å². The Labute approximate surface area is 102 Å². The van der Waals surface area contributed by atoms with Gasteiger partial charge < -0.3 is 0 Å². The van der Waals surface area contributed by atoms with E-state index in [4.69, 9.17) is 0 Å². The summed E-state index contributed by atoms with van der Waals surface area (Å²) in [7, 11) is 0. The molecule has 2 aromatic carbocycles. The monoisotopic (exact) mass is 228 g/mol. The molecule has 0 spiro atoms. The van der Waals surface area contributed by atoms with Gasteiger partial charge in [-0.2, -0.15) is 0 Å². The molecule has 0 atom stereocenters. The second-order valence-corrected chi connectivity index (χ2v) is 4.98. The van der Waals surface area contributed by atoms with Crippen LogP contribution in [0.25, 0.3) is 11.1 Å². The van der Waals surface area contributed by atoms with Gasteiger partial charge in [0.1, 0.15) is 0 Å². The van der Waals surface area contributed by atoms with Gasteiger partial charge in [-0.1, -0.05) is 41.5 Å². The van der Waals surface area contributed by atoms with Crippen LogP contribution in [0.5, 0.6) is 0 Å². The maximum Gasteiger partial charge on any atom is 0.00695 e. The van der Waals surface area contributed by atoms with Gasteiger partial charge in [0.2, 0.25) is 0 Å². The fourth-order valence-electron chi connectivity index (χ4n) is 1.92. The van der Waals surface area contributed by atoms with Crippen molar-refractivity contribution in [2.45, 2.75) is 18.7 Å². The maximum absolute atomic E-state index is 2.24. The maximum atomic E-state index is 2.24. The summed E-state index contributed by atoms with van der Waals surface area (Å²) in [5.74, 6) is 0. The van der Waals surface area contributed by atoms with Crippen molar-refractivity contribution in [3.63, 3.8) is 0 Å². The van der Waals surface area contributed by atoms with Crippen molar-refractivity contribution in [1.29, 1.82) is 0 Å². The van der Waals surface area contributed by atoms with Crippen LogP contribution in [0.3, 0.4) is 0 Å². The minimum absolute atomic E-state index is 1.30. The van der Waals surface area contributed by atoms with Gasteiger partial charge in [-0.05, 0) is 43.4 Å². The lowest BCUT2D eigenvalue weighted by atomic mass is 10.0. The van der Waals surface area contributed by atoms with Crippen molar-refractivity contribution in [2.24, 2.45) is 0 Å². The predicted molar refractivity (Wildman–Crippen MR) is 73.1 cm³/mol. The van der Waals surface area contributed by atoms with Crippen molar-refractivity contribution >= 4 is 11.8 Å². The van der Waals surface area contributed by atoms with E-state index in [9.17, 15) is 0 Å². The number of aryl methyl sites for hydroxylation is 2. The Kier molecular flexibility index (Phi) is 3.35. The highest BCUT2D eigenvalue weighted by Gasteiger charge is 1.99. The number of hydrogen-bond donors (Lipinski definition) is 0. The van der Waals surface area contributed by atoms with Crippen molar-refractivity contribution in [2.75, 3.05) is 6.26 Å². The predicted octanol–water partition coefficient (Wildman–Crippen LogP) is 4.69. The van der Waals surface area contributed by atoms with Crippen LogP contribution in [0.1, 0.15) is 11.1 Å². The molecular weight excluding hydrogens is 212 g/mol. The zero-order valence-corrected chi connectivity index (χ0v) is 10.8. The second kappa shape index (κ2) is 4.75. The molecule has 0 bridgehead atoms. The van der Waals surface area contributed by atoms with Crippen molar-refractivity contribution in [3.05, 3.63) is 53.6 Å². The molecule has 16 heavy (non-hydrogen) atoms. The highest BCUT2D eigenvalue weighted by Crippen LogP contribution is 2.24. The average Bonchev–Trinajstić information content (AvgIpc) is 2.28. The summed E-state index contributed by atoms with van der Waals surface area (Å²) in [5.41, 5.74) is 5.25. The summed E-state index contributed by atoms with van der Waals surface area (Å²) in [6, 6.07) is 15.4. The summed E-state index contributed by atoms with van der Waals surface area (Å²) in [6.07, 6.45) is 2.10. The quantitative estimate of drug-likeness (QED) is 0.672. The Hall–Kier alpha value is -1.21. The lowest BCUT2D eigenvalue weighted by Gasteiger charge is -2.06.